The highest BCUT2D eigenvalue weighted by Crippen LogP contribution is 2.22. The van der Waals surface area contributed by atoms with Crippen LogP contribution in [0.4, 0.5) is 5.69 Å². The highest BCUT2D eigenvalue weighted by Gasteiger charge is 2.11. The third-order valence-electron chi connectivity index (χ3n) is 5.14. The SMILES string of the molecule is O=C(COc1ccc(-c2ccccc2)cc1)NN=Cc1ccc(OC(=O)c2ccc([N+](=O)[O-])cc2)cc1. The number of hydrogen-bond acceptors (Lipinski definition) is 7. The summed E-state index contributed by atoms with van der Waals surface area (Å²) in [5, 5.41) is 14.6. The summed E-state index contributed by atoms with van der Waals surface area (Å²) >= 11 is 0. The predicted molar refractivity (Wildman–Crippen MR) is 138 cm³/mol. The number of nitro groups is 1. The van der Waals surface area contributed by atoms with Gasteiger partial charge in [0.1, 0.15) is 11.5 Å². The lowest BCUT2D eigenvalue weighted by atomic mass is 10.1. The molecule has 4 aromatic carbocycles. The van der Waals surface area contributed by atoms with E-state index >= 15 is 0 Å². The van der Waals surface area contributed by atoms with Gasteiger partial charge >= 0.3 is 5.97 Å². The van der Waals surface area contributed by atoms with E-state index in [1.807, 2.05) is 42.5 Å². The zero-order valence-corrected chi connectivity index (χ0v) is 19.4. The second-order valence-electron chi connectivity index (χ2n) is 7.73. The van der Waals surface area contributed by atoms with Gasteiger partial charge < -0.3 is 9.47 Å². The van der Waals surface area contributed by atoms with E-state index in [4.69, 9.17) is 9.47 Å². The quantitative estimate of drug-likeness (QED) is 0.115. The molecule has 0 bridgehead atoms. The van der Waals surface area contributed by atoms with Gasteiger partial charge in [-0.15, -0.1) is 0 Å². The topological polar surface area (TPSA) is 120 Å². The average Bonchev–Trinajstić information content (AvgIpc) is 2.93. The molecule has 0 saturated heterocycles. The van der Waals surface area contributed by atoms with Crippen LogP contribution in [0.15, 0.2) is 108 Å². The van der Waals surface area contributed by atoms with Crippen molar-refractivity contribution in [1.29, 1.82) is 0 Å². The molecule has 0 aromatic heterocycles. The van der Waals surface area contributed by atoms with Crippen LogP contribution in [0.5, 0.6) is 11.5 Å². The Labute approximate surface area is 212 Å². The van der Waals surface area contributed by atoms with Gasteiger partial charge in [-0.25, -0.2) is 10.2 Å². The number of non-ortho nitro benzene ring substituents is 1. The molecular formula is C28H21N3O6. The largest absolute Gasteiger partial charge is 0.484 e. The van der Waals surface area contributed by atoms with E-state index in [0.717, 1.165) is 11.1 Å². The first kappa shape index (κ1) is 24.8. The molecule has 4 rings (SSSR count). The van der Waals surface area contributed by atoms with Gasteiger partial charge in [-0.3, -0.25) is 14.9 Å². The van der Waals surface area contributed by atoms with Gasteiger partial charge in [0.2, 0.25) is 0 Å². The van der Waals surface area contributed by atoms with Crippen molar-refractivity contribution in [2.45, 2.75) is 0 Å². The van der Waals surface area contributed by atoms with Crippen LogP contribution in [0.2, 0.25) is 0 Å². The third-order valence-corrected chi connectivity index (χ3v) is 5.14. The molecule has 0 fully saturated rings. The highest BCUT2D eigenvalue weighted by atomic mass is 16.6. The number of esters is 1. The molecule has 4 aromatic rings. The maximum atomic E-state index is 12.2. The molecule has 0 saturated carbocycles. The Morgan fingerprint density at radius 1 is 0.811 bits per heavy atom. The Bertz CT molecular complexity index is 1400. The highest BCUT2D eigenvalue weighted by molar-refractivity contribution is 5.91. The van der Waals surface area contributed by atoms with Crippen LogP contribution in [0.1, 0.15) is 15.9 Å². The summed E-state index contributed by atoms with van der Waals surface area (Å²) in [5.41, 5.74) is 5.27. The number of nitrogens with zero attached hydrogens (tertiary/aromatic N) is 2. The molecule has 0 unspecified atom stereocenters. The number of ether oxygens (including phenoxy) is 2. The minimum absolute atomic E-state index is 0.115. The summed E-state index contributed by atoms with van der Waals surface area (Å²) in [7, 11) is 0. The summed E-state index contributed by atoms with van der Waals surface area (Å²) in [6, 6.07) is 28.9. The summed E-state index contributed by atoms with van der Waals surface area (Å²) in [6.07, 6.45) is 1.44. The smallest absolute Gasteiger partial charge is 0.343 e. The molecule has 0 heterocycles. The first-order valence-corrected chi connectivity index (χ1v) is 11.1. The third kappa shape index (κ3) is 7.09. The van der Waals surface area contributed by atoms with Crippen molar-refractivity contribution in [3.8, 4) is 22.6 Å². The average molecular weight is 495 g/mol. The van der Waals surface area contributed by atoms with Crippen molar-refractivity contribution >= 4 is 23.8 Å². The van der Waals surface area contributed by atoms with E-state index < -0.39 is 16.8 Å². The van der Waals surface area contributed by atoms with Crippen LogP contribution in [0.25, 0.3) is 11.1 Å². The van der Waals surface area contributed by atoms with Crippen molar-refractivity contribution in [3.63, 3.8) is 0 Å². The van der Waals surface area contributed by atoms with E-state index in [2.05, 4.69) is 10.5 Å². The van der Waals surface area contributed by atoms with Gasteiger partial charge in [-0.05, 0) is 65.2 Å². The molecule has 0 aliphatic carbocycles. The molecule has 9 nitrogen and oxygen atoms in total. The van der Waals surface area contributed by atoms with Crippen molar-refractivity contribution in [3.05, 3.63) is 124 Å². The summed E-state index contributed by atoms with van der Waals surface area (Å²) in [5.74, 6) is -0.204. The molecule has 1 N–H and O–H groups in total. The first-order chi connectivity index (χ1) is 18.0. The predicted octanol–water partition coefficient (Wildman–Crippen LogP) is 5.01. The van der Waals surface area contributed by atoms with E-state index in [-0.39, 0.29) is 23.6 Å². The summed E-state index contributed by atoms with van der Waals surface area (Å²) < 4.78 is 10.8. The zero-order chi connectivity index (χ0) is 26.0. The van der Waals surface area contributed by atoms with Crippen LogP contribution in [-0.2, 0) is 4.79 Å². The fourth-order valence-corrected chi connectivity index (χ4v) is 3.24. The van der Waals surface area contributed by atoms with Crippen LogP contribution in [0.3, 0.4) is 0 Å². The Morgan fingerprint density at radius 3 is 2.08 bits per heavy atom. The number of hydrogen-bond donors (Lipinski definition) is 1. The Kier molecular flexibility index (Phi) is 7.97. The maximum absolute atomic E-state index is 12.2. The molecule has 37 heavy (non-hydrogen) atoms. The Morgan fingerprint density at radius 2 is 1.43 bits per heavy atom. The van der Waals surface area contributed by atoms with Gasteiger partial charge in [0, 0.05) is 12.1 Å². The van der Waals surface area contributed by atoms with Crippen molar-refractivity contribution in [2.75, 3.05) is 6.61 Å². The summed E-state index contributed by atoms with van der Waals surface area (Å²) in [6.45, 7) is -0.195. The normalized spacial score (nSPS) is 10.6. The van der Waals surface area contributed by atoms with Crippen molar-refractivity contribution in [2.24, 2.45) is 5.10 Å². The lowest BCUT2D eigenvalue weighted by molar-refractivity contribution is -0.384. The molecule has 0 aliphatic rings. The number of nitro benzene ring substituents is 1. The number of benzene rings is 4. The maximum Gasteiger partial charge on any atom is 0.343 e. The minimum Gasteiger partial charge on any atom is -0.484 e. The van der Waals surface area contributed by atoms with E-state index in [1.54, 1.807) is 36.4 Å². The second kappa shape index (κ2) is 11.9. The van der Waals surface area contributed by atoms with Crippen LogP contribution in [0, 0.1) is 10.1 Å². The van der Waals surface area contributed by atoms with E-state index in [1.165, 1.54) is 30.5 Å². The van der Waals surface area contributed by atoms with E-state index in [9.17, 15) is 19.7 Å². The molecule has 0 spiro atoms. The van der Waals surface area contributed by atoms with Gasteiger partial charge in [0.05, 0.1) is 16.7 Å². The second-order valence-corrected chi connectivity index (χ2v) is 7.73. The van der Waals surface area contributed by atoms with Crippen molar-refractivity contribution < 1.29 is 24.0 Å². The number of carbonyl (C=O) groups excluding carboxylic acids is 2. The van der Waals surface area contributed by atoms with Crippen LogP contribution in [-0.4, -0.2) is 29.6 Å². The molecular weight excluding hydrogens is 474 g/mol. The lowest BCUT2D eigenvalue weighted by Crippen LogP contribution is -2.24. The van der Waals surface area contributed by atoms with Gasteiger partial charge in [-0.2, -0.15) is 5.10 Å². The molecule has 0 aliphatic heterocycles. The molecule has 0 radical (unpaired) electrons. The number of amides is 1. The van der Waals surface area contributed by atoms with Gasteiger partial charge in [0.15, 0.2) is 6.61 Å². The first-order valence-electron chi connectivity index (χ1n) is 11.1. The molecule has 0 atom stereocenters. The monoisotopic (exact) mass is 495 g/mol. The number of hydrazone groups is 1. The number of nitrogens with one attached hydrogen (secondary N) is 1. The van der Waals surface area contributed by atoms with Crippen molar-refractivity contribution in [1.82, 2.24) is 5.43 Å². The van der Waals surface area contributed by atoms with Gasteiger partial charge in [-0.1, -0.05) is 42.5 Å². The van der Waals surface area contributed by atoms with Crippen LogP contribution >= 0.6 is 0 Å². The van der Waals surface area contributed by atoms with Crippen LogP contribution < -0.4 is 14.9 Å². The Balaban J connectivity index is 1.22. The number of rotatable bonds is 9. The standard InChI is InChI=1S/C28H21N3O6/c32-27(19-36-25-16-10-22(11-17-25)21-4-2-1-3-5-21)30-29-18-20-6-14-26(15-7-20)37-28(33)23-8-12-24(13-9-23)31(34)35/h1-18H,19H2,(H,30,32). The zero-order valence-electron chi connectivity index (χ0n) is 19.4. The Hall–Kier alpha value is -5.31. The molecule has 1 amide bonds. The summed E-state index contributed by atoms with van der Waals surface area (Å²) in [4.78, 5) is 34.4. The fourth-order valence-electron chi connectivity index (χ4n) is 3.24. The fraction of sp³-hybridized carbons (Fsp3) is 0.0357. The lowest BCUT2D eigenvalue weighted by Gasteiger charge is -2.07. The number of carbonyl (C=O) groups is 2. The molecule has 184 valence electrons. The van der Waals surface area contributed by atoms with E-state index in [0.29, 0.717) is 11.3 Å². The molecule has 9 heteroatoms. The minimum atomic E-state index is -0.640. The van der Waals surface area contributed by atoms with Gasteiger partial charge in [0.25, 0.3) is 11.6 Å².